The Morgan fingerprint density at radius 2 is 2.25 bits per heavy atom. The van der Waals surface area contributed by atoms with Crippen molar-refractivity contribution in [2.45, 2.75) is 19.3 Å². The van der Waals surface area contributed by atoms with Gasteiger partial charge < -0.3 is 4.90 Å². The largest absolute Gasteiger partial charge is 0.315 e. The summed E-state index contributed by atoms with van der Waals surface area (Å²) < 4.78 is 35.6. The second-order valence-corrected chi connectivity index (χ2v) is 2.93. The number of alkyl halides is 3. The fourth-order valence-electron chi connectivity index (χ4n) is 1.38. The van der Waals surface area contributed by atoms with Crippen molar-refractivity contribution in [1.82, 2.24) is 4.90 Å². The summed E-state index contributed by atoms with van der Waals surface area (Å²) in [5.41, 5.74) is 0. The molecule has 0 saturated carbocycles. The summed E-state index contributed by atoms with van der Waals surface area (Å²) in [5, 5.41) is 0. The van der Waals surface area contributed by atoms with Gasteiger partial charge in [0.05, 0.1) is 0 Å². The lowest BCUT2D eigenvalue weighted by Crippen LogP contribution is -2.23. The van der Waals surface area contributed by atoms with Crippen LogP contribution >= 0.6 is 0 Å². The Labute approximate surface area is 68.3 Å². The average Bonchev–Trinajstić information content (AvgIpc) is 2.29. The molecule has 1 aliphatic heterocycles. The molecule has 1 amide bonds. The van der Waals surface area contributed by atoms with Crippen molar-refractivity contribution in [2.75, 3.05) is 13.3 Å². The summed E-state index contributed by atoms with van der Waals surface area (Å²) in [6.45, 7) is -0.724. The Morgan fingerprint density at radius 3 is 2.67 bits per heavy atom. The summed E-state index contributed by atoms with van der Waals surface area (Å²) in [6.07, 6.45) is -2.64. The molecule has 1 fully saturated rings. The summed E-state index contributed by atoms with van der Waals surface area (Å²) in [7, 11) is 0. The molecular formula is C7H10F3NO. The van der Waals surface area contributed by atoms with Gasteiger partial charge in [0.25, 0.3) is 0 Å². The predicted molar refractivity (Wildman–Crippen MR) is 36.4 cm³/mol. The van der Waals surface area contributed by atoms with Gasteiger partial charge in [-0.25, -0.2) is 13.2 Å². The average molecular weight is 181 g/mol. The quantitative estimate of drug-likeness (QED) is 0.603. The van der Waals surface area contributed by atoms with Crippen molar-refractivity contribution in [3.05, 3.63) is 0 Å². The summed E-state index contributed by atoms with van der Waals surface area (Å²) in [5.74, 6) is -0.726. The van der Waals surface area contributed by atoms with E-state index in [2.05, 4.69) is 0 Å². The van der Waals surface area contributed by atoms with Crippen molar-refractivity contribution in [1.29, 1.82) is 0 Å². The van der Waals surface area contributed by atoms with Gasteiger partial charge in [0.2, 0.25) is 12.3 Å². The number of halogens is 3. The topological polar surface area (TPSA) is 20.3 Å². The monoisotopic (exact) mass is 181 g/mol. The van der Waals surface area contributed by atoms with Crippen LogP contribution in [0.5, 0.6) is 0 Å². The highest BCUT2D eigenvalue weighted by Gasteiger charge is 2.30. The van der Waals surface area contributed by atoms with Gasteiger partial charge in [-0.1, -0.05) is 0 Å². The van der Waals surface area contributed by atoms with Crippen LogP contribution in [0.25, 0.3) is 0 Å². The molecule has 0 N–H and O–H groups in total. The number of nitrogens with zero attached hydrogens (tertiary/aromatic N) is 1. The van der Waals surface area contributed by atoms with Crippen LogP contribution in [-0.4, -0.2) is 30.6 Å². The van der Waals surface area contributed by atoms with Crippen molar-refractivity contribution >= 4 is 5.91 Å². The molecule has 0 spiro atoms. The summed E-state index contributed by atoms with van der Waals surface area (Å²) in [6, 6.07) is 0. The Morgan fingerprint density at radius 1 is 1.58 bits per heavy atom. The number of hydrogen-bond donors (Lipinski definition) is 0. The Kier molecular flexibility index (Phi) is 2.94. The number of likely N-dealkylation sites (tertiary alicyclic amines) is 1. The molecule has 70 valence electrons. The molecule has 1 saturated heterocycles. The lowest BCUT2D eigenvalue weighted by Gasteiger charge is -2.10. The fourth-order valence-corrected chi connectivity index (χ4v) is 1.38. The zero-order valence-corrected chi connectivity index (χ0v) is 6.47. The maximum absolute atomic E-state index is 12.0. The molecule has 1 unspecified atom stereocenters. The molecule has 0 aromatic heterocycles. The third kappa shape index (κ3) is 2.12. The van der Waals surface area contributed by atoms with Crippen molar-refractivity contribution in [3.63, 3.8) is 0 Å². The van der Waals surface area contributed by atoms with Crippen LogP contribution in [0.4, 0.5) is 13.2 Å². The minimum Gasteiger partial charge on any atom is -0.315 e. The zero-order chi connectivity index (χ0) is 9.14. The van der Waals surface area contributed by atoms with Gasteiger partial charge in [0, 0.05) is 19.4 Å². The van der Waals surface area contributed by atoms with E-state index in [1.807, 2.05) is 0 Å². The minimum absolute atomic E-state index is 0.0637. The molecule has 0 aromatic rings. The summed E-state index contributed by atoms with van der Waals surface area (Å²) >= 11 is 0. The van der Waals surface area contributed by atoms with Gasteiger partial charge in [-0.05, 0) is 5.92 Å². The van der Waals surface area contributed by atoms with E-state index >= 15 is 0 Å². The maximum Gasteiger partial charge on any atom is 0.239 e. The highest BCUT2D eigenvalue weighted by atomic mass is 19.3. The van der Waals surface area contributed by atoms with Crippen LogP contribution < -0.4 is 0 Å². The zero-order valence-electron chi connectivity index (χ0n) is 6.47. The fraction of sp³-hybridized carbons (Fsp3) is 0.857. The van der Waals surface area contributed by atoms with Crippen LogP contribution in [0.2, 0.25) is 0 Å². The Balaban J connectivity index is 2.38. The van der Waals surface area contributed by atoms with Crippen LogP contribution in [0.3, 0.4) is 0 Å². The van der Waals surface area contributed by atoms with Gasteiger partial charge in [-0.3, -0.25) is 4.79 Å². The van der Waals surface area contributed by atoms with Gasteiger partial charge >= 0.3 is 0 Å². The van der Waals surface area contributed by atoms with E-state index in [0.717, 1.165) is 4.90 Å². The first-order valence-corrected chi connectivity index (χ1v) is 3.75. The van der Waals surface area contributed by atoms with E-state index in [4.69, 9.17) is 0 Å². The van der Waals surface area contributed by atoms with E-state index in [9.17, 15) is 18.0 Å². The standard InChI is InChI=1S/C7H10F3NO/c8-4-11-3-5(1-6(9)10)2-7(11)12/h5-6H,1-4H2. The maximum atomic E-state index is 12.0. The molecule has 0 radical (unpaired) electrons. The normalized spacial score (nSPS) is 24.2. The van der Waals surface area contributed by atoms with E-state index in [-0.39, 0.29) is 31.2 Å². The minimum atomic E-state index is -2.40. The number of carbonyl (C=O) groups excluding carboxylic acids is 1. The molecule has 0 bridgehead atoms. The number of hydrogen-bond acceptors (Lipinski definition) is 1. The van der Waals surface area contributed by atoms with E-state index in [0.29, 0.717) is 0 Å². The molecule has 2 nitrogen and oxygen atoms in total. The first-order valence-electron chi connectivity index (χ1n) is 3.75. The Bertz CT molecular complexity index is 174. The third-order valence-electron chi connectivity index (χ3n) is 1.95. The molecule has 1 aliphatic rings. The third-order valence-corrected chi connectivity index (χ3v) is 1.95. The molecule has 0 aromatic carbocycles. The van der Waals surface area contributed by atoms with E-state index < -0.39 is 13.2 Å². The van der Waals surface area contributed by atoms with Gasteiger partial charge in [-0.2, -0.15) is 0 Å². The molecule has 0 aliphatic carbocycles. The second-order valence-electron chi connectivity index (χ2n) is 2.93. The SMILES string of the molecule is O=C1CC(CC(F)F)CN1CF. The first kappa shape index (κ1) is 9.35. The van der Waals surface area contributed by atoms with Crippen LogP contribution in [0, 0.1) is 5.92 Å². The van der Waals surface area contributed by atoms with Gasteiger partial charge in [0.1, 0.15) is 0 Å². The van der Waals surface area contributed by atoms with Crippen molar-refractivity contribution < 1.29 is 18.0 Å². The lowest BCUT2D eigenvalue weighted by atomic mass is 10.1. The van der Waals surface area contributed by atoms with Crippen LogP contribution in [0.1, 0.15) is 12.8 Å². The van der Waals surface area contributed by atoms with Crippen molar-refractivity contribution in [2.24, 2.45) is 5.92 Å². The molecular weight excluding hydrogens is 171 g/mol. The number of amides is 1. The van der Waals surface area contributed by atoms with Gasteiger partial charge in [-0.15, -0.1) is 0 Å². The van der Waals surface area contributed by atoms with E-state index in [1.54, 1.807) is 0 Å². The second kappa shape index (κ2) is 3.78. The molecule has 12 heavy (non-hydrogen) atoms. The van der Waals surface area contributed by atoms with Gasteiger partial charge in [0.15, 0.2) is 6.80 Å². The summed E-state index contributed by atoms with van der Waals surface area (Å²) in [4.78, 5) is 11.8. The molecule has 1 atom stereocenters. The Hall–Kier alpha value is -0.740. The van der Waals surface area contributed by atoms with Crippen LogP contribution in [0.15, 0.2) is 0 Å². The first-order chi connectivity index (χ1) is 5.63. The smallest absolute Gasteiger partial charge is 0.239 e. The predicted octanol–water partition coefficient (Wildman–Crippen LogP) is 1.42. The number of rotatable bonds is 3. The van der Waals surface area contributed by atoms with Crippen LogP contribution in [-0.2, 0) is 4.79 Å². The van der Waals surface area contributed by atoms with E-state index in [1.165, 1.54) is 0 Å². The highest BCUT2D eigenvalue weighted by Crippen LogP contribution is 2.23. The van der Waals surface area contributed by atoms with Crippen molar-refractivity contribution in [3.8, 4) is 0 Å². The molecule has 1 heterocycles. The lowest BCUT2D eigenvalue weighted by molar-refractivity contribution is -0.129. The highest BCUT2D eigenvalue weighted by molar-refractivity contribution is 5.78. The number of carbonyl (C=O) groups is 1. The molecule has 5 heteroatoms. The molecule has 1 rings (SSSR count).